The largest absolute Gasteiger partial charge is 0.278 e. The molecule has 0 amide bonds. The van der Waals surface area contributed by atoms with Gasteiger partial charge in [0, 0.05) is 6.20 Å². The molecule has 0 aromatic carbocycles. The number of halogens is 2. The molecule has 7 heavy (non-hydrogen) atoms. The zero-order chi connectivity index (χ0) is 5.28. The normalized spacial score (nSPS) is 9.43. The van der Waals surface area contributed by atoms with Crippen LogP contribution >= 0.6 is 45.5 Å². The monoisotopic (exact) mass is 320 g/mol. The molecule has 1 aromatic rings. The van der Waals surface area contributed by atoms with E-state index in [0.29, 0.717) is 0 Å². The fourth-order valence-electron chi connectivity index (χ4n) is 0.279. The molecule has 0 unspecified atom stereocenters. The molecule has 0 atom stereocenters. The number of aromatic nitrogens is 2. The highest BCUT2D eigenvalue weighted by Gasteiger charge is 1.85. The minimum absolute atomic E-state index is 1.03. The molecule has 0 N–H and O–H groups in total. The standard InChI is InChI=1S/C3H2I2N2/c4-3-1-7(5)2-6-3/h1-2H. The van der Waals surface area contributed by atoms with Crippen LogP contribution in [-0.2, 0) is 0 Å². The Balaban J connectivity index is 3.04. The third-order valence-electron chi connectivity index (χ3n) is 0.521. The summed E-state index contributed by atoms with van der Waals surface area (Å²) in [6.45, 7) is 0. The Morgan fingerprint density at radius 1 is 1.71 bits per heavy atom. The van der Waals surface area contributed by atoms with E-state index < -0.39 is 0 Å². The maximum Gasteiger partial charge on any atom is 0.120 e. The highest BCUT2D eigenvalue weighted by atomic mass is 127. The van der Waals surface area contributed by atoms with Gasteiger partial charge in [0.05, 0.1) is 22.9 Å². The van der Waals surface area contributed by atoms with Crippen LogP contribution in [0.5, 0.6) is 0 Å². The number of rotatable bonds is 0. The summed E-state index contributed by atoms with van der Waals surface area (Å²) in [5.74, 6) is 0. The van der Waals surface area contributed by atoms with Crippen molar-refractivity contribution in [2.45, 2.75) is 0 Å². The van der Waals surface area contributed by atoms with E-state index in [1.165, 1.54) is 0 Å². The minimum atomic E-state index is 1.03. The number of hydrogen-bond acceptors (Lipinski definition) is 1. The van der Waals surface area contributed by atoms with Gasteiger partial charge in [-0.25, -0.2) is 4.98 Å². The SMILES string of the molecule is Ic1cn(I)cn1. The predicted octanol–water partition coefficient (Wildman–Crippen LogP) is 1.69. The van der Waals surface area contributed by atoms with E-state index in [1.54, 1.807) is 6.33 Å². The van der Waals surface area contributed by atoms with Crippen LogP contribution in [-0.4, -0.2) is 7.76 Å². The van der Waals surface area contributed by atoms with Gasteiger partial charge in [0.15, 0.2) is 0 Å². The van der Waals surface area contributed by atoms with Crippen molar-refractivity contribution in [2.24, 2.45) is 0 Å². The summed E-state index contributed by atoms with van der Waals surface area (Å²) in [6.07, 6.45) is 3.71. The van der Waals surface area contributed by atoms with Gasteiger partial charge in [-0.2, -0.15) is 0 Å². The first-order valence-corrected chi connectivity index (χ1v) is 3.69. The first-order valence-electron chi connectivity index (χ1n) is 1.64. The Morgan fingerprint density at radius 3 is 2.57 bits per heavy atom. The van der Waals surface area contributed by atoms with Crippen LogP contribution in [0.25, 0.3) is 0 Å². The molecular weight excluding hydrogens is 318 g/mol. The zero-order valence-electron chi connectivity index (χ0n) is 3.31. The first kappa shape index (κ1) is 5.80. The van der Waals surface area contributed by atoms with Crippen LogP contribution in [0.1, 0.15) is 0 Å². The van der Waals surface area contributed by atoms with E-state index in [1.807, 2.05) is 8.98 Å². The van der Waals surface area contributed by atoms with Gasteiger partial charge in [0.25, 0.3) is 0 Å². The van der Waals surface area contributed by atoms with E-state index in [2.05, 4.69) is 50.4 Å². The summed E-state index contributed by atoms with van der Waals surface area (Å²) in [6, 6.07) is 0. The number of imidazole rings is 1. The molecule has 0 spiro atoms. The van der Waals surface area contributed by atoms with Crippen LogP contribution in [0, 0.1) is 3.70 Å². The molecular formula is C3H2I2N2. The molecule has 0 aliphatic carbocycles. The van der Waals surface area contributed by atoms with Crippen LogP contribution in [0.4, 0.5) is 0 Å². The lowest BCUT2D eigenvalue weighted by molar-refractivity contribution is 1.27. The van der Waals surface area contributed by atoms with Gasteiger partial charge in [-0.15, -0.1) is 0 Å². The molecule has 0 aliphatic heterocycles. The lowest BCUT2D eigenvalue weighted by Gasteiger charge is -1.73. The second kappa shape index (κ2) is 2.29. The minimum Gasteiger partial charge on any atom is -0.278 e. The molecule has 1 rings (SSSR count). The predicted molar refractivity (Wildman–Crippen MR) is 44.4 cm³/mol. The Morgan fingerprint density at radius 2 is 2.43 bits per heavy atom. The third-order valence-corrected chi connectivity index (χ3v) is 1.61. The van der Waals surface area contributed by atoms with Crippen molar-refractivity contribution in [3.8, 4) is 0 Å². The molecule has 0 fully saturated rings. The average Bonchev–Trinajstić information content (AvgIpc) is 1.87. The van der Waals surface area contributed by atoms with E-state index in [4.69, 9.17) is 0 Å². The van der Waals surface area contributed by atoms with Crippen molar-refractivity contribution in [2.75, 3.05) is 0 Å². The van der Waals surface area contributed by atoms with E-state index in [9.17, 15) is 0 Å². The molecule has 0 radical (unpaired) electrons. The zero-order valence-corrected chi connectivity index (χ0v) is 7.62. The summed E-state index contributed by atoms with van der Waals surface area (Å²) in [7, 11) is 0. The highest BCUT2D eigenvalue weighted by Crippen LogP contribution is 2.01. The van der Waals surface area contributed by atoms with Gasteiger partial charge in [0.2, 0.25) is 0 Å². The van der Waals surface area contributed by atoms with E-state index in [-0.39, 0.29) is 0 Å². The molecule has 0 saturated heterocycles. The molecule has 1 aromatic heterocycles. The van der Waals surface area contributed by atoms with Gasteiger partial charge in [0.1, 0.15) is 10.0 Å². The maximum absolute atomic E-state index is 3.96. The smallest absolute Gasteiger partial charge is 0.120 e. The van der Waals surface area contributed by atoms with Crippen LogP contribution in [0.2, 0.25) is 0 Å². The van der Waals surface area contributed by atoms with E-state index in [0.717, 1.165) is 3.70 Å². The van der Waals surface area contributed by atoms with Crippen molar-refractivity contribution >= 4 is 45.5 Å². The molecule has 0 bridgehead atoms. The highest BCUT2D eigenvalue weighted by molar-refractivity contribution is 14.1. The lowest BCUT2D eigenvalue weighted by atomic mass is 11.0. The summed E-state index contributed by atoms with van der Waals surface area (Å²) in [5, 5.41) is 0. The Bertz CT molecular complexity index is 143. The van der Waals surface area contributed by atoms with Gasteiger partial charge >= 0.3 is 0 Å². The fraction of sp³-hybridized carbons (Fsp3) is 0. The maximum atomic E-state index is 3.96. The Kier molecular flexibility index (Phi) is 1.90. The van der Waals surface area contributed by atoms with Gasteiger partial charge in [-0.3, -0.25) is 2.78 Å². The fourth-order valence-corrected chi connectivity index (χ4v) is 1.62. The molecule has 1 heterocycles. The van der Waals surface area contributed by atoms with Crippen LogP contribution in [0.15, 0.2) is 12.5 Å². The summed E-state index contributed by atoms with van der Waals surface area (Å²) >= 11 is 4.31. The lowest BCUT2D eigenvalue weighted by Crippen LogP contribution is -1.63. The Hall–Kier alpha value is 0.670. The van der Waals surface area contributed by atoms with Crippen LogP contribution < -0.4 is 0 Å². The number of nitrogens with zero attached hydrogens (tertiary/aromatic N) is 2. The quantitative estimate of drug-likeness (QED) is 0.665. The van der Waals surface area contributed by atoms with E-state index >= 15 is 0 Å². The van der Waals surface area contributed by atoms with Crippen molar-refractivity contribution in [1.82, 2.24) is 7.76 Å². The first-order chi connectivity index (χ1) is 3.29. The number of hydrogen-bond donors (Lipinski definition) is 0. The second-order valence-electron chi connectivity index (χ2n) is 1.04. The van der Waals surface area contributed by atoms with Crippen molar-refractivity contribution in [3.05, 3.63) is 16.2 Å². The van der Waals surface area contributed by atoms with Gasteiger partial charge in [-0.1, -0.05) is 0 Å². The molecule has 4 heteroatoms. The third kappa shape index (κ3) is 1.56. The average molecular weight is 320 g/mol. The molecule has 2 nitrogen and oxygen atoms in total. The molecule has 0 aliphatic rings. The molecule has 38 valence electrons. The summed E-state index contributed by atoms with van der Waals surface area (Å²) in [4.78, 5) is 3.96. The van der Waals surface area contributed by atoms with Gasteiger partial charge in [-0.05, 0) is 22.6 Å². The Labute approximate surface area is 69.0 Å². The summed E-state index contributed by atoms with van der Waals surface area (Å²) < 4.78 is 2.92. The second-order valence-corrected chi connectivity index (χ2v) is 3.26. The van der Waals surface area contributed by atoms with Crippen molar-refractivity contribution in [1.29, 1.82) is 0 Å². The van der Waals surface area contributed by atoms with Gasteiger partial charge < -0.3 is 0 Å². The summed E-state index contributed by atoms with van der Waals surface area (Å²) in [5.41, 5.74) is 0. The molecule has 0 saturated carbocycles. The van der Waals surface area contributed by atoms with Crippen LogP contribution in [0.3, 0.4) is 0 Å². The van der Waals surface area contributed by atoms with Crippen molar-refractivity contribution < 1.29 is 0 Å². The van der Waals surface area contributed by atoms with Crippen molar-refractivity contribution in [3.63, 3.8) is 0 Å². The topological polar surface area (TPSA) is 17.8 Å².